The Hall–Kier alpha value is -2.14. The first-order valence-corrected chi connectivity index (χ1v) is 9.51. The van der Waals surface area contributed by atoms with Gasteiger partial charge in [-0.05, 0) is 43.7 Å². The molecule has 1 aliphatic heterocycles. The molecule has 1 fully saturated rings. The molecule has 0 radical (unpaired) electrons. The van der Waals surface area contributed by atoms with E-state index in [0.717, 1.165) is 5.69 Å². The van der Waals surface area contributed by atoms with Crippen molar-refractivity contribution in [1.82, 2.24) is 9.29 Å². The lowest BCUT2D eigenvalue weighted by Gasteiger charge is -2.18. The molecule has 0 bridgehead atoms. The van der Waals surface area contributed by atoms with Gasteiger partial charge in [-0.1, -0.05) is 11.6 Å². The van der Waals surface area contributed by atoms with Crippen molar-refractivity contribution in [3.05, 3.63) is 52.8 Å². The fourth-order valence-electron chi connectivity index (χ4n) is 2.70. The number of ether oxygens (including phenoxy) is 1. The Balaban J connectivity index is 1.77. The quantitative estimate of drug-likeness (QED) is 0.818. The van der Waals surface area contributed by atoms with E-state index in [0.29, 0.717) is 24.3 Å². The van der Waals surface area contributed by atoms with E-state index in [9.17, 15) is 8.42 Å². The topological polar surface area (TPSA) is 83.3 Å². The fraction of sp³-hybridized carbons (Fsp3) is 0.294. The summed E-state index contributed by atoms with van der Waals surface area (Å²) in [6.07, 6.45) is 2.02. The Morgan fingerprint density at radius 2 is 2.20 bits per heavy atom. The molecule has 6 nitrogen and oxygen atoms in total. The van der Waals surface area contributed by atoms with Gasteiger partial charge in [0.2, 0.25) is 10.0 Å². The first-order chi connectivity index (χ1) is 11.9. The number of nitrogens with zero attached hydrogens (tertiary/aromatic N) is 3. The molecule has 0 aliphatic carbocycles. The van der Waals surface area contributed by atoms with E-state index in [1.807, 2.05) is 19.1 Å². The van der Waals surface area contributed by atoms with E-state index in [1.165, 1.54) is 22.5 Å². The van der Waals surface area contributed by atoms with Crippen LogP contribution >= 0.6 is 11.6 Å². The van der Waals surface area contributed by atoms with Gasteiger partial charge in [-0.2, -0.15) is 9.57 Å². The predicted octanol–water partition coefficient (Wildman–Crippen LogP) is 2.76. The average molecular weight is 378 g/mol. The van der Waals surface area contributed by atoms with E-state index in [-0.39, 0.29) is 22.6 Å². The maximum Gasteiger partial charge on any atom is 0.244 e. The highest BCUT2D eigenvalue weighted by Gasteiger charge is 2.35. The van der Waals surface area contributed by atoms with Crippen molar-refractivity contribution in [2.75, 3.05) is 13.1 Å². The molecule has 1 saturated heterocycles. The number of hydrogen-bond acceptors (Lipinski definition) is 5. The number of rotatable bonds is 4. The Morgan fingerprint density at radius 3 is 2.88 bits per heavy atom. The molecule has 2 aromatic rings. The first-order valence-electron chi connectivity index (χ1n) is 7.70. The number of sulfonamides is 1. The zero-order chi connectivity index (χ0) is 18.0. The number of aromatic nitrogens is 1. The third-order valence-electron chi connectivity index (χ3n) is 4.04. The van der Waals surface area contributed by atoms with Crippen molar-refractivity contribution in [3.8, 4) is 11.8 Å². The van der Waals surface area contributed by atoms with Crippen LogP contribution in [0.15, 0.2) is 41.4 Å². The van der Waals surface area contributed by atoms with E-state index in [2.05, 4.69) is 4.98 Å². The lowest BCUT2D eigenvalue weighted by atomic mass is 10.2. The summed E-state index contributed by atoms with van der Waals surface area (Å²) in [5.41, 5.74) is 1.08. The molecule has 1 aliphatic rings. The number of aryl methyl sites for hydroxylation is 1. The van der Waals surface area contributed by atoms with Gasteiger partial charge in [-0.3, -0.25) is 4.98 Å². The van der Waals surface area contributed by atoms with Crippen molar-refractivity contribution in [2.45, 2.75) is 24.3 Å². The number of benzene rings is 1. The van der Waals surface area contributed by atoms with Gasteiger partial charge >= 0.3 is 0 Å². The zero-order valence-electron chi connectivity index (χ0n) is 13.5. The van der Waals surface area contributed by atoms with Gasteiger partial charge in [0.05, 0.1) is 28.9 Å². The predicted molar refractivity (Wildman–Crippen MR) is 92.9 cm³/mol. The molecular weight excluding hydrogens is 362 g/mol. The number of pyridine rings is 1. The number of hydrogen-bond donors (Lipinski definition) is 0. The van der Waals surface area contributed by atoms with Crippen molar-refractivity contribution in [3.63, 3.8) is 0 Å². The van der Waals surface area contributed by atoms with Gasteiger partial charge in [0.15, 0.2) is 0 Å². The van der Waals surface area contributed by atoms with Crippen LogP contribution in [0.5, 0.6) is 5.75 Å². The summed E-state index contributed by atoms with van der Waals surface area (Å²) in [6.45, 7) is 2.44. The van der Waals surface area contributed by atoms with Crippen LogP contribution in [0.4, 0.5) is 0 Å². The summed E-state index contributed by atoms with van der Waals surface area (Å²) >= 11 is 6.06. The second kappa shape index (κ2) is 7.00. The minimum Gasteiger partial charge on any atom is -0.487 e. The van der Waals surface area contributed by atoms with Gasteiger partial charge in [0.25, 0.3) is 0 Å². The second-order valence-corrected chi connectivity index (χ2v) is 8.05. The molecule has 0 spiro atoms. The van der Waals surface area contributed by atoms with E-state index >= 15 is 0 Å². The van der Waals surface area contributed by atoms with Crippen molar-refractivity contribution in [2.24, 2.45) is 0 Å². The lowest BCUT2D eigenvalue weighted by molar-refractivity contribution is 0.213. The Kier molecular flexibility index (Phi) is 4.95. The summed E-state index contributed by atoms with van der Waals surface area (Å²) in [4.78, 5) is 4.17. The fourth-order valence-corrected chi connectivity index (χ4v) is 4.71. The van der Waals surface area contributed by atoms with E-state index in [4.69, 9.17) is 21.6 Å². The normalized spacial score (nSPS) is 18.0. The molecule has 130 valence electrons. The lowest BCUT2D eigenvalue weighted by Crippen LogP contribution is -2.31. The molecule has 1 aromatic carbocycles. The van der Waals surface area contributed by atoms with Crippen molar-refractivity contribution in [1.29, 1.82) is 5.26 Å². The van der Waals surface area contributed by atoms with Crippen LogP contribution in [0, 0.1) is 18.3 Å². The van der Waals surface area contributed by atoms with Crippen LogP contribution in [0.3, 0.4) is 0 Å². The van der Waals surface area contributed by atoms with Gasteiger partial charge < -0.3 is 4.74 Å². The summed E-state index contributed by atoms with van der Waals surface area (Å²) in [5.74, 6) is 0.656. The molecule has 1 aromatic heterocycles. The molecule has 3 rings (SSSR count). The zero-order valence-corrected chi connectivity index (χ0v) is 15.1. The van der Waals surface area contributed by atoms with Crippen molar-refractivity contribution >= 4 is 21.6 Å². The molecule has 25 heavy (non-hydrogen) atoms. The molecule has 8 heteroatoms. The Bertz CT molecular complexity index is 940. The minimum atomic E-state index is -3.73. The van der Waals surface area contributed by atoms with Crippen LogP contribution in [0.2, 0.25) is 5.02 Å². The van der Waals surface area contributed by atoms with E-state index < -0.39 is 10.0 Å². The smallest absolute Gasteiger partial charge is 0.244 e. The third kappa shape index (κ3) is 3.61. The van der Waals surface area contributed by atoms with E-state index in [1.54, 1.807) is 12.3 Å². The monoisotopic (exact) mass is 377 g/mol. The maximum atomic E-state index is 12.8. The van der Waals surface area contributed by atoms with Crippen LogP contribution in [0.25, 0.3) is 0 Å². The molecule has 0 N–H and O–H groups in total. The molecule has 1 atom stereocenters. The maximum absolute atomic E-state index is 12.8. The second-order valence-electron chi connectivity index (χ2n) is 5.74. The van der Waals surface area contributed by atoms with Crippen LogP contribution in [-0.2, 0) is 10.0 Å². The Labute approximate surface area is 151 Å². The highest BCUT2D eigenvalue weighted by molar-refractivity contribution is 7.89. The van der Waals surface area contributed by atoms with Crippen molar-refractivity contribution < 1.29 is 13.2 Å². The summed E-state index contributed by atoms with van der Waals surface area (Å²) in [6, 6.07) is 9.71. The minimum absolute atomic E-state index is 0.00590. The first kappa shape index (κ1) is 17.7. The summed E-state index contributed by atoms with van der Waals surface area (Å²) < 4.78 is 32.9. The molecule has 1 unspecified atom stereocenters. The molecule has 0 amide bonds. The van der Waals surface area contributed by atoms with Gasteiger partial charge in [0.1, 0.15) is 16.7 Å². The summed E-state index contributed by atoms with van der Waals surface area (Å²) in [5, 5.41) is 8.92. The summed E-state index contributed by atoms with van der Waals surface area (Å²) in [7, 11) is -3.73. The highest BCUT2D eigenvalue weighted by atomic mass is 35.5. The van der Waals surface area contributed by atoms with Gasteiger partial charge in [-0.25, -0.2) is 8.42 Å². The molecule has 0 saturated carbocycles. The van der Waals surface area contributed by atoms with Gasteiger partial charge in [0, 0.05) is 12.7 Å². The van der Waals surface area contributed by atoms with Gasteiger partial charge in [-0.15, -0.1) is 0 Å². The molecular formula is C17H16ClN3O3S. The van der Waals surface area contributed by atoms with Crippen LogP contribution in [0.1, 0.15) is 17.7 Å². The largest absolute Gasteiger partial charge is 0.487 e. The number of halogens is 1. The third-order valence-corrected chi connectivity index (χ3v) is 6.39. The van der Waals surface area contributed by atoms with Crippen LogP contribution in [-0.4, -0.2) is 36.9 Å². The SMILES string of the molecule is Cc1ncccc1OC1CCN(S(=O)(=O)c2ccc(C#N)cc2Cl)C1. The number of nitriles is 1. The Morgan fingerprint density at radius 1 is 1.40 bits per heavy atom. The van der Waals surface area contributed by atoms with Crippen LogP contribution < -0.4 is 4.74 Å². The highest BCUT2D eigenvalue weighted by Crippen LogP contribution is 2.29. The standard InChI is InChI=1S/C17H16ClN3O3S/c1-12-16(3-2-7-20-12)24-14-6-8-21(11-14)25(22,23)17-5-4-13(10-19)9-15(17)18/h2-5,7,9,14H,6,8,11H2,1H3. The average Bonchev–Trinajstić information content (AvgIpc) is 3.06. The molecule has 2 heterocycles.